The molecule has 49 heavy (non-hydrogen) atoms. The summed E-state index contributed by atoms with van der Waals surface area (Å²) in [4.78, 5) is 24.6. The molecular weight excluding hydrogens is 610 g/mol. The maximum absolute atomic E-state index is 6.09. The standard InChI is InChI=1S/C41H23N5O3/c1-3-9-24(10-4-1)40-42-31-22-27(16-19-35(31)48-40)38-44-37(26-15-18-34-30(21-26)29-13-7-8-14-33(29)47-34)45-39(46-38)28-17-20-36-32(23-28)43-41(49-36)25-11-5-2-6-12-25/h1-23H. The zero-order valence-electron chi connectivity index (χ0n) is 25.7. The molecule has 0 fully saturated rings. The third-order valence-corrected chi connectivity index (χ3v) is 8.60. The molecule has 8 heteroatoms. The Labute approximate surface area is 278 Å². The van der Waals surface area contributed by atoms with Gasteiger partial charge in [-0.2, -0.15) is 0 Å². The number of hydrogen-bond acceptors (Lipinski definition) is 8. The molecule has 4 aromatic heterocycles. The van der Waals surface area contributed by atoms with E-state index in [1.54, 1.807) is 0 Å². The van der Waals surface area contributed by atoms with Gasteiger partial charge in [-0.1, -0.05) is 54.6 Å². The van der Waals surface area contributed by atoms with Crippen LogP contribution in [0.4, 0.5) is 0 Å². The molecule has 0 saturated heterocycles. The molecule has 0 radical (unpaired) electrons. The molecule has 0 atom stereocenters. The van der Waals surface area contributed by atoms with Crippen LogP contribution < -0.4 is 0 Å². The summed E-state index contributed by atoms with van der Waals surface area (Å²) in [7, 11) is 0. The predicted molar refractivity (Wildman–Crippen MR) is 189 cm³/mol. The van der Waals surface area contributed by atoms with Crippen LogP contribution in [0.1, 0.15) is 0 Å². The van der Waals surface area contributed by atoms with E-state index >= 15 is 0 Å². The Balaban J connectivity index is 1.13. The van der Waals surface area contributed by atoms with E-state index in [1.807, 2.05) is 127 Å². The molecule has 0 aliphatic rings. The van der Waals surface area contributed by atoms with Crippen molar-refractivity contribution in [3.8, 4) is 57.1 Å². The average Bonchev–Trinajstić information content (AvgIpc) is 3.90. The van der Waals surface area contributed by atoms with Crippen LogP contribution in [-0.4, -0.2) is 24.9 Å². The maximum Gasteiger partial charge on any atom is 0.227 e. The molecule has 0 amide bonds. The summed E-state index contributed by atoms with van der Waals surface area (Å²) in [6.07, 6.45) is 0. The van der Waals surface area contributed by atoms with Gasteiger partial charge in [-0.05, 0) is 84.9 Å². The highest BCUT2D eigenvalue weighted by Crippen LogP contribution is 2.34. The molecule has 4 heterocycles. The number of aromatic nitrogens is 5. The number of oxazole rings is 2. The number of benzene rings is 6. The quantitative estimate of drug-likeness (QED) is 0.184. The van der Waals surface area contributed by atoms with E-state index in [-0.39, 0.29) is 0 Å². The molecule has 10 rings (SSSR count). The molecule has 230 valence electrons. The summed E-state index contributed by atoms with van der Waals surface area (Å²) in [5.41, 5.74) is 8.65. The van der Waals surface area contributed by atoms with E-state index in [0.717, 1.165) is 49.8 Å². The zero-order chi connectivity index (χ0) is 32.3. The van der Waals surface area contributed by atoms with Gasteiger partial charge in [0.2, 0.25) is 11.8 Å². The van der Waals surface area contributed by atoms with Gasteiger partial charge in [0.15, 0.2) is 28.6 Å². The van der Waals surface area contributed by atoms with Crippen LogP contribution in [-0.2, 0) is 0 Å². The minimum atomic E-state index is 0.508. The fourth-order valence-corrected chi connectivity index (χ4v) is 6.17. The van der Waals surface area contributed by atoms with E-state index in [4.69, 9.17) is 38.2 Å². The first-order valence-corrected chi connectivity index (χ1v) is 15.8. The van der Waals surface area contributed by atoms with Crippen LogP contribution >= 0.6 is 0 Å². The Morgan fingerprint density at radius 2 is 0.755 bits per heavy atom. The Hall–Kier alpha value is -6.93. The number of nitrogens with zero attached hydrogens (tertiary/aromatic N) is 5. The molecule has 0 unspecified atom stereocenters. The summed E-state index contributed by atoms with van der Waals surface area (Å²) in [6.45, 7) is 0. The predicted octanol–water partition coefficient (Wildman–Crippen LogP) is 10.4. The van der Waals surface area contributed by atoms with Gasteiger partial charge >= 0.3 is 0 Å². The molecule has 0 aliphatic carbocycles. The molecule has 10 aromatic rings. The van der Waals surface area contributed by atoms with Crippen LogP contribution in [0.2, 0.25) is 0 Å². The summed E-state index contributed by atoms with van der Waals surface area (Å²) in [5, 5.41) is 2.02. The van der Waals surface area contributed by atoms with Crippen LogP contribution in [0, 0.1) is 0 Å². The number of hydrogen-bond donors (Lipinski definition) is 0. The van der Waals surface area contributed by atoms with E-state index in [9.17, 15) is 0 Å². The van der Waals surface area contributed by atoms with Gasteiger partial charge in [0.1, 0.15) is 22.2 Å². The molecule has 0 N–H and O–H groups in total. The lowest BCUT2D eigenvalue weighted by molar-refractivity contribution is 0.619. The number of fused-ring (bicyclic) bond motifs is 5. The molecule has 0 saturated carbocycles. The van der Waals surface area contributed by atoms with Crippen molar-refractivity contribution in [3.05, 3.63) is 140 Å². The summed E-state index contributed by atoms with van der Waals surface area (Å²) in [6, 6.07) is 45.3. The highest BCUT2D eigenvalue weighted by Gasteiger charge is 2.18. The third kappa shape index (κ3) is 4.73. The Bertz CT molecular complexity index is 2700. The summed E-state index contributed by atoms with van der Waals surface area (Å²) in [5.74, 6) is 2.66. The maximum atomic E-state index is 6.09. The normalized spacial score (nSPS) is 11.7. The number of furan rings is 1. The smallest absolute Gasteiger partial charge is 0.227 e. The first-order valence-electron chi connectivity index (χ1n) is 15.8. The van der Waals surface area contributed by atoms with E-state index in [0.29, 0.717) is 51.5 Å². The Kier molecular flexibility index (Phi) is 6.01. The minimum Gasteiger partial charge on any atom is -0.456 e. The lowest BCUT2D eigenvalue weighted by atomic mass is 10.1. The van der Waals surface area contributed by atoms with Crippen molar-refractivity contribution in [2.24, 2.45) is 0 Å². The second kappa shape index (κ2) is 10.8. The highest BCUT2D eigenvalue weighted by molar-refractivity contribution is 6.06. The summed E-state index contributed by atoms with van der Waals surface area (Å²) >= 11 is 0. The number of rotatable bonds is 5. The van der Waals surface area contributed by atoms with Crippen LogP contribution in [0.3, 0.4) is 0 Å². The molecule has 0 spiro atoms. The highest BCUT2D eigenvalue weighted by atomic mass is 16.4. The van der Waals surface area contributed by atoms with Gasteiger partial charge in [0.25, 0.3) is 0 Å². The second-order valence-corrected chi connectivity index (χ2v) is 11.8. The lowest BCUT2D eigenvalue weighted by Crippen LogP contribution is -2.00. The number of para-hydroxylation sites is 1. The van der Waals surface area contributed by atoms with Gasteiger partial charge in [-0.25, -0.2) is 24.9 Å². The monoisotopic (exact) mass is 633 g/mol. The van der Waals surface area contributed by atoms with Crippen LogP contribution in [0.5, 0.6) is 0 Å². The van der Waals surface area contributed by atoms with E-state index < -0.39 is 0 Å². The SMILES string of the molecule is c1ccc(-c2nc3cc(-c4nc(-c5ccc6oc(-c7ccccc7)nc6c5)nc(-c5ccc6oc7ccccc7c6c5)n4)ccc3o2)cc1. The largest absolute Gasteiger partial charge is 0.456 e. The van der Waals surface area contributed by atoms with Crippen molar-refractivity contribution in [2.45, 2.75) is 0 Å². The lowest BCUT2D eigenvalue weighted by Gasteiger charge is -2.08. The van der Waals surface area contributed by atoms with Gasteiger partial charge < -0.3 is 13.3 Å². The third-order valence-electron chi connectivity index (χ3n) is 8.60. The molecular formula is C41H23N5O3. The van der Waals surface area contributed by atoms with Gasteiger partial charge in [-0.15, -0.1) is 0 Å². The van der Waals surface area contributed by atoms with Gasteiger partial charge in [0.05, 0.1) is 0 Å². The topological polar surface area (TPSA) is 104 Å². The molecule has 8 nitrogen and oxygen atoms in total. The second-order valence-electron chi connectivity index (χ2n) is 11.8. The summed E-state index contributed by atoms with van der Waals surface area (Å²) < 4.78 is 18.3. The van der Waals surface area contributed by atoms with Crippen molar-refractivity contribution in [3.63, 3.8) is 0 Å². The average molecular weight is 634 g/mol. The minimum absolute atomic E-state index is 0.508. The van der Waals surface area contributed by atoms with E-state index in [1.165, 1.54) is 0 Å². The molecule has 0 bridgehead atoms. The van der Waals surface area contributed by atoms with Gasteiger partial charge in [-0.3, -0.25) is 0 Å². The fourth-order valence-electron chi connectivity index (χ4n) is 6.17. The van der Waals surface area contributed by atoms with Crippen molar-refractivity contribution in [1.82, 2.24) is 24.9 Å². The van der Waals surface area contributed by atoms with E-state index in [2.05, 4.69) is 12.1 Å². The van der Waals surface area contributed by atoms with Crippen molar-refractivity contribution in [2.75, 3.05) is 0 Å². The molecule has 0 aliphatic heterocycles. The van der Waals surface area contributed by atoms with Crippen molar-refractivity contribution < 1.29 is 13.3 Å². The van der Waals surface area contributed by atoms with Crippen molar-refractivity contribution >= 4 is 44.1 Å². The zero-order valence-corrected chi connectivity index (χ0v) is 25.7. The first kappa shape index (κ1) is 27.2. The van der Waals surface area contributed by atoms with Crippen molar-refractivity contribution in [1.29, 1.82) is 0 Å². The fraction of sp³-hybridized carbons (Fsp3) is 0. The Morgan fingerprint density at radius 3 is 1.31 bits per heavy atom. The van der Waals surface area contributed by atoms with Crippen LogP contribution in [0.15, 0.2) is 153 Å². The first-order chi connectivity index (χ1) is 24.2. The Morgan fingerprint density at radius 1 is 0.306 bits per heavy atom. The van der Waals surface area contributed by atoms with Gasteiger partial charge in [0, 0.05) is 38.6 Å². The molecule has 6 aromatic carbocycles. The van der Waals surface area contributed by atoms with Crippen LogP contribution in [0.25, 0.3) is 101 Å².